The zero-order valence-corrected chi connectivity index (χ0v) is 17.5. The second-order valence-electron chi connectivity index (χ2n) is 6.20. The molecule has 0 radical (unpaired) electrons. The summed E-state index contributed by atoms with van der Waals surface area (Å²) >= 11 is 1.01. The molecule has 0 spiro atoms. The molecule has 2 rings (SSSR count). The summed E-state index contributed by atoms with van der Waals surface area (Å²) in [5, 5.41) is 7.16. The Morgan fingerprint density at radius 2 is 1.93 bits per heavy atom. The number of nitrogens with one attached hydrogen (secondary N) is 1. The number of nitrogens with zero attached hydrogens (tertiary/aromatic N) is 2. The third-order valence-electron chi connectivity index (χ3n) is 4.10. The first-order chi connectivity index (χ1) is 13.3. The topological polar surface area (TPSA) is 99.5 Å². The van der Waals surface area contributed by atoms with Crippen LogP contribution in [0.25, 0.3) is 0 Å². The molecule has 0 fully saturated rings. The van der Waals surface area contributed by atoms with Crippen LogP contribution < -0.4 is 5.32 Å². The van der Waals surface area contributed by atoms with Gasteiger partial charge in [-0.1, -0.05) is 6.92 Å². The number of rotatable bonds is 8. The van der Waals surface area contributed by atoms with E-state index >= 15 is 0 Å². The molecule has 0 aliphatic rings. The van der Waals surface area contributed by atoms with Gasteiger partial charge in [0.25, 0.3) is 0 Å². The van der Waals surface area contributed by atoms with Crippen LogP contribution in [0.2, 0.25) is 0 Å². The molecule has 0 saturated carbocycles. The van der Waals surface area contributed by atoms with Gasteiger partial charge < -0.3 is 14.8 Å². The number of amides is 1. The van der Waals surface area contributed by atoms with Gasteiger partial charge in [-0.2, -0.15) is 5.10 Å². The minimum atomic E-state index is -0.594. The van der Waals surface area contributed by atoms with E-state index in [2.05, 4.69) is 10.4 Å². The second-order valence-corrected chi connectivity index (χ2v) is 7.22. The summed E-state index contributed by atoms with van der Waals surface area (Å²) in [5.41, 5.74) is 1.45. The highest BCUT2D eigenvalue weighted by molar-refractivity contribution is 7.18. The van der Waals surface area contributed by atoms with Gasteiger partial charge in [-0.3, -0.25) is 9.48 Å². The van der Waals surface area contributed by atoms with Gasteiger partial charge in [0.15, 0.2) is 0 Å². The molecule has 1 atom stereocenters. The van der Waals surface area contributed by atoms with Crippen LogP contribution in [0.4, 0.5) is 5.00 Å². The number of hydrogen-bond acceptors (Lipinski definition) is 7. The van der Waals surface area contributed by atoms with Crippen LogP contribution in [0.1, 0.15) is 64.5 Å². The zero-order valence-electron chi connectivity index (χ0n) is 16.7. The van der Waals surface area contributed by atoms with Crippen molar-refractivity contribution in [2.24, 2.45) is 0 Å². The van der Waals surface area contributed by atoms with E-state index in [0.717, 1.165) is 17.0 Å². The highest BCUT2D eigenvalue weighted by Crippen LogP contribution is 2.35. The predicted octanol–water partition coefficient (Wildman–Crippen LogP) is 3.50. The summed E-state index contributed by atoms with van der Waals surface area (Å²) in [5.74, 6) is -1.47. The van der Waals surface area contributed by atoms with Gasteiger partial charge in [0.2, 0.25) is 5.91 Å². The van der Waals surface area contributed by atoms with E-state index in [1.54, 1.807) is 37.7 Å². The number of carbonyl (C=O) groups is 3. The van der Waals surface area contributed by atoms with E-state index in [4.69, 9.17) is 9.47 Å². The molecule has 2 aromatic rings. The molecule has 0 saturated heterocycles. The molecular formula is C19H25N3O5S. The van der Waals surface area contributed by atoms with Crippen LogP contribution in [0, 0.1) is 13.8 Å². The molecule has 1 unspecified atom stereocenters. The Bertz CT molecular complexity index is 871. The molecule has 0 aliphatic heterocycles. The Hall–Kier alpha value is -2.68. The van der Waals surface area contributed by atoms with Crippen LogP contribution in [0.3, 0.4) is 0 Å². The Balaban J connectivity index is 2.36. The van der Waals surface area contributed by atoms with Crippen molar-refractivity contribution in [3.05, 3.63) is 34.0 Å². The molecule has 0 bridgehead atoms. The molecular weight excluding hydrogens is 382 g/mol. The maximum Gasteiger partial charge on any atom is 0.348 e. The van der Waals surface area contributed by atoms with E-state index < -0.39 is 18.0 Å². The minimum absolute atomic E-state index is 0.180. The summed E-state index contributed by atoms with van der Waals surface area (Å²) in [6.07, 6.45) is 2.28. The average Bonchev–Trinajstić information content (AvgIpc) is 3.22. The highest BCUT2D eigenvalue weighted by atomic mass is 32.1. The SMILES string of the molecule is CCCOC(=O)c1c(NC(=O)C(C)n2nccc2C)sc(C(=O)OCC)c1C. The van der Waals surface area contributed by atoms with Crippen molar-refractivity contribution < 1.29 is 23.9 Å². The first-order valence-electron chi connectivity index (χ1n) is 9.10. The summed E-state index contributed by atoms with van der Waals surface area (Å²) in [6.45, 7) is 9.24. The summed E-state index contributed by atoms with van der Waals surface area (Å²) < 4.78 is 11.9. The van der Waals surface area contributed by atoms with E-state index in [1.165, 1.54) is 0 Å². The number of thiophene rings is 1. The fourth-order valence-electron chi connectivity index (χ4n) is 2.62. The Morgan fingerprint density at radius 3 is 2.50 bits per heavy atom. The number of ether oxygens (including phenoxy) is 2. The predicted molar refractivity (Wildman–Crippen MR) is 106 cm³/mol. The fourth-order valence-corrected chi connectivity index (χ4v) is 3.71. The number of aryl methyl sites for hydroxylation is 1. The third kappa shape index (κ3) is 4.59. The largest absolute Gasteiger partial charge is 0.462 e. The molecule has 2 heterocycles. The minimum Gasteiger partial charge on any atom is -0.462 e. The third-order valence-corrected chi connectivity index (χ3v) is 5.29. The standard InChI is InChI=1S/C19H25N3O5S/c1-6-10-27-18(24)14-12(4)15(19(25)26-7-2)28-17(14)21-16(23)13(5)22-11(3)8-9-20-22/h8-9,13H,6-7,10H2,1-5H3,(H,21,23). The molecule has 0 aromatic carbocycles. The van der Waals surface area contributed by atoms with Gasteiger partial charge in [0.1, 0.15) is 15.9 Å². The lowest BCUT2D eigenvalue weighted by atomic mass is 10.1. The Labute approximate surface area is 167 Å². The summed E-state index contributed by atoms with van der Waals surface area (Å²) in [7, 11) is 0. The normalized spacial score (nSPS) is 11.8. The second kappa shape index (κ2) is 9.50. The molecule has 8 nitrogen and oxygen atoms in total. The number of carbonyl (C=O) groups excluding carboxylic acids is 3. The summed E-state index contributed by atoms with van der Waals surface area (Å²) in [6, 6.07) is 1.20. The van der Waals surface area contributed by atoms with Crippen LogP contribution in [-0.4, -0.2) is 40.8 Å². The van der Waals surface area contributed by atoms with Gasteiger partial charge >= 0.3 is 11.9 Å². The Kier molecular flexibility index (Phi) is 7.33. The number of esters is 2. The van der Waals surface area contributed by atoms with Crippen LogP contribution in [-0.2, 0) is 14.3 Å². The quantitative estimate of drug-likeness (QED) is 0.672. The van der Waals surface area contributed by atoms with Gasteiger partial charge in [-0.05, 0) is 45.7 Å². The van der Waals surface area contributed by atoms with Crippen molar-refractivity contribution >= 4 is 34.2 Å². The van der Waals surface area contributed by atoms with E-state index in [-0.39, 0.29) is 34.6 Å². The number of anilines is 1. The number of aromatic nitrogens is 2. The van der Waals surface area contributed by atoms with Crippen molar-refractivity contribution in [3.8, 4) is 0 Å². The highest BCUT2D eigenvalue weighted by Gasteiger charge is 2.28. The fraction of sp³-hybridized carbons (Fsp3) is 0.474. The summed E-state index contributed by atoms with van der Waals surface area (Å²) in [4.78, 5) is 37.8. The smallest absolute Gasteiger partial charge is 0.348 e. The molecule has 2 aromatic heterocycles. The maximum absolute atomic E-state index is 12.7. The molecule has 152 valence electrons. The van der Waals surface area contributed by atoms with Crippen molar-refractivity contribution in [1.82, 2.24) is 9.78 Å². The van der Waals surface area contributed by atoms with Crippen molar-refractivity contribution in [1.29, 1.82) is 0 Å². The first-order valence-corrected chi connectivity index (χ1v) is 9.91. The zero-order chi connectivity index (χ0) is 20.8. The van der Waals surface area contributed by atoms with Crippen molar-refractivity contribution in [3.63, 3.8) is 0 Å². The van der Waals surface area contributed by atoms with Gasteiger partial charge in [-0.25, -0.2) is 9.59 Å². The van der Waals surface area contributed by atoms with Gasteiger partial charge in [0, 0.05) is 11.9 Å². The molecule has 28 heavy (non-hydrogen) atoms. The van der Waals surface area contributed by atoms with E-state index in [1.807, 2.05) is 13.8 Å². The lowest BCUT2D eigenvalue weighted by Gasteiger charge is -2.14. The van der Waals surface area contributed by atoms with E-state index in [9.17, 15) is 14.4 Å². The molecule has 0 aliphatic carbocycles. The lowest BCUT2D eigenvalue weighted by molar-refractivity contribution is -0.119. The lowest BCUT2D eigenvalue weighted by Crippen LogP contribution is -2.25. The molecule has 1 amide bonds. The number of hydrogen-bond donors (Lipinski definition) is 1. The van der Waals surface area contributed by atoms with Crippen molar-refractivity contribution in [2.75, 3.05) is 18.5 Å². The van der Waals surface area contributed by atoms with Crippen LogP contribution in [0.5, 0.6) is 0 Å². The maximum atomic E-state index is 12.7. The average molecular weight is 407 g/mol. The molecule has 1 N–H and O–H groups in total. The first kappa shape index (κ1) is 21.6. The monoisotopic (exact) mass is 407 g/mol. The van der Waals surface area contributed by atoms with Gasteiger partial charge in [0.05, 0.1) is 18.8 Å². The Morgan fingerprint density at radius 1 is 1.21 bits per heavy atom. The van der Waals surface area contributed by atoms with Gasteiger partial charge in [-0.15, -0.1) is 11.3 Å². The molecule has 9 heteroatoms. The van der Waals surface area contributed by atoms with Crippen LogP contribution >= 0.6 is 11.3 Å². The van der Waals surface area contributed by atoms with Crippen LogP contribution in [0.15, 0.2) is 12.3 Å². The van der Waals surface area contributed by atoms with Crippen molar-refractivity contribution in [2.45, 2.75) is 47.1 Å². The van der Waals surface area contributed by atoms with E-state index in [0.29, 0.717) is 12.0 Å².